The minimum Gasteiger partial charge on any atom is -0.404 e. The van der Waals surface area contributed by atoms with E-state index in [4.69, 9.17) is 9.16 Å². The predicted octanol–water partition coefficient (Wildman–Crippen LogP) is 4.47. The number of carbonyl (C=O) groups excluding carboxylic acids is 2. The van der Waals surface area contributed by atoms with Gasteiger partial charge >= 0.3 is 0 Å². The first-order valence-corrected chi connectivity index (χ1v) is 13.2. The van der Waals surface area contributed by atoms with E-state index in [9.17, 15) is 9.59 Å². The second-order valence-electron chi connectivity index (χ2n) is 9.55. The zero-order valence-electron chi connectivity index (χ0n) is 19.4. The van der Waals surface area contributed by atoms with Crippen molar-refractivity contribution >= 4 is 30.8 Å². The highest BCUT2D eigenvalue weighted by atomic mass is 28.4. The van der Waals surface area contributed by atoms with E-state index in [-0.39, 0.29) is 30.0 Å². The summed E-state index contributed by atoms with van der Waals surface area (Å²) >= 11 is 0. The lowest BCUT2D eigenvalue weighted by Gasteiger charge is -2.43. The first kappa shape index (κ1) is 23.3. The standard InChI is InChI=1S/C28H30O4Si/c1-28(2,3)33(23-13-6-4-7-14-23,24-15-8-5-9-16-24)31-20-27-25(30)18-26(32-27)22-12-10-11-21(17-22)19-29/h4-17,19,26-27H,18,20H2,1-3H3/t26-,27-/m1/s1. The molecule has 33 heavy (non-hydrogen) atoms. The molecule has 0 unspecified atom stereocenters. The molecule has 4 rings (SSSR count). The second-order valence-corrected chi connectivity index (χ2v) is 13.9. The number of aldehydes is 1. The van der Waals surface area contributed by atoms with Crippen molar-refractivity contribution in [3.63, 3.8) is 0 Å². The number of rotatable bonds is 7. The van der Waals surface area contributed by atoms with Gasteiger partial charge in [-0.1, -0.05) is 99.6 Å². The van der Waals surface area contributed by atoms with Crippen molar-refractivity contribution in [1.29, 1.82) is 0 Å². The highest BCUT2D eigenvalue weighted by molar-refractivity contribution is 6.99. The van der Waals surface area contributed by atoms with Crippen LogP contribution in [0.15, 0.2) is 84.9 Å². The molecule has 0 amide bonds. The molecule has 1 fully saturated rings. The first-order chi connectivity index (χ1) is 15.8. The normalized spacial score (nSPS) is 18.9. The summed E-state index contributed by atoms with van der Waals surface area (Å²) in [5.41, 5.74) is 1.43. The fourth-order valence-electron chi connectivity index (χ4n) is 4.76. The number of ether oxygens (including phenoxy) is 1. The average molecular weight is 459 g/mol. The number of Topliss-reactive ketones (excluding diaryl/α,β-unsaturated/α-hetero) is 1. The molecule has 1 aliphatic heterocycles. The Morgan fingerprint density at radius 2 is 1.55 bits per heavy atom. The van der Waals surface area contributed by atoms with E-state index in [1.54, 1.807) is 12.1 Å². The predicted molar refractivity (Wildman–Crippen MR) is 133 cm³/mol. The van der Waals surface area contributed by atoms with Gasteiger partial charge in [0.1, 0.15) is 12.4 Å². The van der Waals surface area contributed by atoms with Crippen LogP contribution >= 0.6 is 0 Å². The van der Waals surface area contributed by atoms with Crippen molar-refractivity contribution in [2.75, 3.05) is 6.61 Å². The van der Waals surface area contributed by atoms with Gasteiger partial charge in [0.05, 0.1) is 12.7 Å². The molecule has 5 heteroatoms. The number of carbonyl (C=O) groups is 2. The number of ketones is 1. The maximum absolute atomic E-state index is 12.9. The van der Waals surface area contributed by atoms with Crippen LogP contribution in [0.25, 0.3) is 0 Å². The molecular formula is C28H30O4Si. The third-order valence-electron chi connectivity index (χ3n) is 6.36. The molecule has 4 nitrogen and oxygen atoms in total. The van der Waals surface area contributed by atoms with Gasteiger partial charge in [0.15, 0.2) is 5.78 Å². The van der Waals surface area contributed by atoms with Gasteiger partial charge in [-0.2, -0.15) is 0 Å². The van der Waals surface area contributed by atoms with Crippen LogP contribution in [-0.4, -0.2) is 33.1 Å². The summed E-state index contributed by atoms with van der Waals surface area (Å²) in [5, 5.41) is 2.17. The topological polar surface area (TPSA) is 52.6 Å². The van der Waals surface area contributed by atoms with Crippen LogP contribution in [0.2, 0.25) is 5.04 Å². The molecule has 3 aromatic rings. The summed E-state index contributed by atoms with van der Waals surface area (Å²) in [6, 6.07) is 28.0. The lowest BCUT2D eigenvalue weighted by atomic mass is 10.0. The minimum absolute atomic E-state index is 0.0365. The van der Waals surface area contributed by atoms with Crippen LogP contribution < -0.4 is 10.4 Å². The number of hydrogen-bond donors (Lipinski definition) is 0. The summed E-state index contributed by atoms with van der Waals surface area (Å²) in [7, 11) is -2.74. The molecular weight excluding hydrogens is 428 g/mol. The molecule has 0 bridgehead atoms. The summed E-state index contributed by atoms with van der Waals surface area (Å²) in [6.07, 6.45) is 0.114. The zero-order chi connectivity index (χ0) is 23.5. The van der Waals surface area contributed by atoms with Crippen molar-refractivity contribution in [1.82, 2.24) is 0 Å². The molecule has 0 spiro atoms. The Labute approximate surface area is 196 Å². The van der Waals surface area contributed by atoms with Crippen LogP contribution in [0.5, 0.6) is 0 Å². The maximum atomic E-state index is 12.9. The van der Waals surface area contributed by atoms with Crippen LogP contribution in [0.1, 0.15) is 49.2 Å². The molecule has 3 aromatic carbocycles. The highest BCUT2D eigenvalue weighted by Crippen LogP contribution is 2.38. The second kappa shape index (κ2) is 9.55. The number of benzene rings is 3. The van der Waals surface area contributed by atoms with Gasteiger partial charge in [-0.25, -0.2) is 0 Å². The smallest absolute Gasteiger partial charge is 0.261 e. The van der Waals surface area contributed by atoms with E-state index >= 15 is 0 Å². The van der Waals surface area contributed by atoms with Crippen molar-refractivity contribution < 1.29 is 18.8 Å². The summed E-state index contributed by atoms with van der Waals surface area (Å²) in [6.45, 7) is 6.84. The lowest BCUT2D eigenvalue weighted by Crippen LogP contribution is -2.67. The lowest BCUT2D eigenvalue weighted by molar-refractivity contribution is -0.124. The van der Waals surface area contributed by atoms with Crippen LogP contribution in [0, 0.1) is 0 Å². The molecule has 1 heterocycles. The van der Waals surface area contributed by atoms with Gasteiger partial charge in [-0.15, -0.1) is 0 Å². The Morgan fingerprint density at radius 3 is 2.09 bits per heavy atom. The SMILES string of the molecule is CC(C)(C)[Si](OC[C@H]1O[C@@H](c2cccc(C=O)c2)CC1=O)(c1ccccc1)c1ccccc1. The Hall–Kier alpha value is -2.86. The van der Waals surface area contributed by atoms with Crippen molar-refractivity contribution in [3.8, 4) is 0 Å². The fourth-order valence-corrected chi connectivity index (χ4v) is 9.32. The first-order valence-electron chi connectivity index (χ1n) is 11.3. The molecule has 1 saturated heterocycles. The largest absolute Gasteiger partial charge is 0.404 e. The monoisotopic (exact) mass is 458 g/mol. The third kappa shape index (κ3) is 4.62. The quantitative estimate of drug-likeness (QED) is 0.387. The van der Waals surface area contributed by atoms with E-state index in [1.807, 2.05) is 48.5 Å². The van der Waals surface area contributed by atoms with Crippen LogP contribution in [0.3, 0.4) is 0 Å². The van der Waals surface area contributed by atoms with Crippen molar-refractivity contribution in [3.05, 3.63) is 96.1 Å². The molecule has 170 valence electrons. The average Bonchev–Trinajstić information content (AvgIpc) is 3.20. The minimum atomic E-state index is -2.74. The fraction of sp³-hybridized carbons (Fsp3) is 0.286. The van der Waals surface area contributed by atoms with Crippen molar-refractivity contribution in [2.45, 2.75) is 44.4 Å². The Kier molecular flexibility index (Phi) is 6.75. The Balaban J connectivity index is 1.64. The summed E-state index contributed by atoms with van der Waals surface area (Å²) in [5.74, 6) is 0.0365. The van der Waals surface area contributed by atoms with E-state index in [1.165, 1.54) is 10.4 Å². The molecule has 0 saturated carbocycles. The maximum Gasteiger partial charge on any atom is 0.261 e. The molecule has 0 aromatic heterocycles. The van der Waals surface area contributed by atoms with E-state index in [0.717, 1.165) is 11.8 Å². The van der Waals surface area contributed by atoms with Gasteiger partial charge in [0.25, 0.3) is 8.32 Å². The Morgan fingerprint density at radius 1 is 0.939 bits per heavy atom. The van der Waals surface area contributed by atoms with Gasteiger partial charge in [0, 0.05) is 12.0 Å². The van der Waals surface area contributed by atoms with E-state index in [0.29, 0.717) is 5.56 Å². The summed E-state index contributed by atoms with van der Waals surface area (Å²) < 4.78 is 13.1. The summed E-state index contributed by atoms with van der Waals surface area (Å²) in [4.78, 5) is 24.0. The van der Waals surface area contributed by atoms with Gasteiger partial charge in [-0.3, -0.25) is 9.59 Å². The zero-order valence-corrected chi connectivity index (χ0v) is 20.4. The van der Waals surface area contributed by atoms with Crippen LogP contribution in [0.4, 0.5) is 0 Å². The number of hydrogen-bond acceptors (Lipinski definition) is 4. The van der Waals surface area contributed by atoms with Gasteiger partial charge < -0.3 is 9.16 Å². The Bertz CT molecular complexity index is 1070. The molecule has 1 aliphatic rings. The van der Waals surface area contributed by atoms with Gasteiger partial charge in [-0.05, 0) is 27.0 Å². The highest BCUT2D eigenvalue weighted by Gasteiger charge is 2.51. The van der Waals surface area contributed by atoms with Crippen molar-refractivity contribution in [2.24, 2.45) is 0 Å². The van der Waals surface area contributed by atoms with Crippen LogP contribution in [-0.2, 0) is 14.0 Å². The molecule has 0 aliphatic carbocycles. The van der Waals surface area contributed by atoms with E-state index < -0.39 is 14.4 Å². The molecule has 0 N–H and O–H groups in total. The molecule has 0 radical (unpaired) electrons. The molecule has 2 atom stereocenters. The van der Waals surface area contributed by atoms with Gasteiger partial charge in [0.2, 0.25) is 0 Å². The van der Waals surface area contributed by atoms with E-state index in [2.05, 4.69) is 45.0 Å². The third-order valence-corrected chi connectivity index (χ3v) is 11.4.